The molecule has 0 aliphatic carbocycles. The highest BCUT2D eigenvalue weighted by Gasteiger charge is 2.31. The summed E-state index contributed by atoms with van der Waals surface area (Å²) < 4.78 is 18.3. The molecule has 0 spiro atoms. The molecule has 0 aliphatic heterocycles. The highest BCUT2D eigenvalue weighted by Crippen LogP contribution is 2.25. The van der Waals surface area contributed by atoms with Crippen LogP contribution in [0.25, 0.3) is 0 Å². The fourth-order valence-corrected chi connectivity index (χ4v) is 3.02. The summed E-state index contributed by atoms with van der Waals surface area (Å²) in [4.78, 5) is 0. The third kappa shape index (κ3) is 6.32. The van der Waals surface area contributed by atoms with Gasteiger partial charge in [-0.15, -0.1) is 0 Å². The summed E-state index contributed by atoms with van der Waals surface area (Å²) >= 11 is 0. The number of rotatable bonds is 9. The highest BCUT2D eigenvalue weighted by molar-refractivity contribution is 6.39. The third-order valence-electron chi connectivity index (χ3n) is 4.75. The second-order valence-electron chi connectivity index (χ2n) is 7.48. The van der Waals surface area contributed by atoms with Crippen LogP contribution in [0.15, 0.2) is 66.7 Å². The van der Waals surface area contributed by atoms with Gasteiger partial charge in [-0.25, -0.2) is 0 Å². The van der Waals surface area contributed by atoms with Gasteiger partial charge < -0.3 is 14.0 Å². The highest BCUT2D eigenvalue weighted by atomic mass is 16.7. The minimum Gasteiger partial charge on any atom is -0.490 e. The molecule has 3 rings (SSSR count). The molecule has 0 bridgehead atoms. The molecule has 0 aliphatic rings. The zero-order valence-electron chi connectivity index (χ0n) is 17.8. The fraction of sp³-hybridized carbons (Fsp3) is 0.280. The largest absolute Gasteiger partial charge is 0.864 e. The van der Waals surface area contributed by atoms with Crippen LogP contribution in [0.3, 0.4) is 0 Å². The van der Waals surface area contributed by atoms with Crippen molar-refractivity contribution in [2.75, 3.05) is 0 Å². The van der Waals surface area contributed by atoms with E-state index in [0.29, 0.717) is 11.5 Å². The van der Waals surface area contributed by atoms with Gasteiger partial charge in [0.05, 0.1) is 0 Å². The molecule has 0 heterocycles. The van der Waals surface area contributed by atoms with E-state index >= 15 is 0 Å². The van der Waals surface area contributed by atoms with Gasteiger partial charge in [0.2, 0.25) is 0 Å². The minimum absolute atomic E-state index is 0.704. The summed E-state index contributed by atoms with van der Waals surface area (Å²) in [5.41, 5.74) is 4.75. The predicted octanol–water partition coefficient (Wildman–Crippen LogP) is 6.48. The second-order valence-corrected chi connectivity index (χ2v) is 7.48. The zero-order chi connectivity index (χ0) is 20.6. The topological polar surface area (TPSA) is 27.7 Å². The molecule has 0 N–H and O–H groups in total. The number of unbranched alkanes of at least 4 members (excludes halogenated alkanes) is 1. The number of hydrogen-bond acceptors (Lipinski definition) is 3. The van der Waals surface area contributed by atoms with Crippen molar-refractivity contribution in [3.05, 3.63) is 89.0 Å². The van der Waals surface area contributed by atoms with Crippen LogP contribution >= 0.6 is 0 Å². The first-order chi connectivity index (χ1) is 14.0. The zero-order valence-corrected chi connectivity index (χ0v) is 17.8. The van der Waals surface area contributed by atoms with Gasteiger partial charge in [0.25, 0.3) is 0 Å². The smallest absolute Gasteiger partial charge is 0.490 e. The molecule has 4 heteroatoms. The molecule has 0 amide bonds. The maximum Gasteiger partial charge on any atom is 0.864 e. The summed E-state index contributed by atoms with van der Waals surface area (Å²) in [7, 11) is -0.886. The van der Waals surface area contributed by atoms with E-state index in [-0.39, 0.29) is 0 Å². The number of aryl methyl sites for hydroxylation is 4. The van der Waals surface area contributed by atoms with Crippen molar-refractivity contribution in [2.45, 2.75) is 47.0 Å². The molecule has 0 saturated carbocycles. The van der Waals surface area contributed by atoms with Crippen LogP contribution in [-0.4, -0.2) is 7.32 Å². The van der Waals surface area contributed by atoms with E-state index in [4.69, 9.17) is 14.0 Å². The maximum atomic E-state index is 6.22. The van der Waals surface area contributed by atoms with Crippen molar-refractivity contribution in [2.24, 2.45) is 0 Å². The lowest BCUT2D eigenvalue weighted by atomic mass is 10.0. The molecule has 0 radical (unpaired) electrons. The number of hydrogen-bond donors (Lipinski definition) is 0. The molecule has 3 aromatic rings. The average molecular weight is 388 g/mol. The summed E-state index contributed by atoms with van der Waals surface area (Å²) in [5.74, 6) is 2.21. The minimum atomic E-state index is -0.886. The van der Waals surface area contributed by atoms with Gasteiger partial charge in [-0.1, -0.05) is 66.4 Å². The summed E-state index contributed by atoms with van der Waals surface area (Å²) in [5, 5.41) is 0. The van der Waals surface area contributed by atoms with Crippen molar-refractivity contribution in [1.29, 1.82) is 0 Å². The lowest BCUT2D eigenvalue weighted by molar-refractivity contribution is 0.306. The van der Waals surface area contributed by atoms with Crippen LogP contribution < -0.4 is 14.0 Å². The molecule has 3 nitrogen and oxygen atoms in total. The van der Waals surface area contributed by atoms with Crippen LogP contribution in [0.2, 0.25) is 0 Å². The Morgan fingerprint density at radius 3 is 1.69 bits per heavy atom. The van der Waals surface area contributed by atoms with Crippen molar-refractivity contribution >= 4 is 7.32 Å². The van der Waals surface area contributed by atoms with Crippen LogP contribution in [0, 0.1) is 20.8 Å². The molecule has 0 unspecified atom stereocenters. The molecule has 0 aromatic heterocycles. The molecule has 3 aromatic carbocycles. The lowest BCUT2D eigenvalue weighted by Crippen LogP contribution is -2.37. The summed E-state index contributed by atoms with van der Waals surface area (Å²) in [6.45, 7) is 8.39. The van der Waals surface area contributed by atoms with Gasteiger partial charge in [0.1, 0.15) is 17.2 Å². The summed E-state index contributed by atoms with van der Waals surface area (Å²) in [6, 6.07) is 22.0. The Bertz CT molecular complexity index is 857. The first-order valence-electron chi connectivity index (χ1n) is 10.3. The molecule has 29 heavy (non-hydrogen) atoms. The molecule has 150 valence electrons. The van der Waals surface area contributed by atoms with Crippen molar-refractivity contribution in [3.8, 4) is 17.2 Å². The monoisotopic (exact) mass is 388 g/mol. The van der Waals surface area contributed by atoms with Crippen molar-refractivity contribution in [1.82, 2.24) is 0 Å². The van der Waals surface area contributed by atoms with Gasteiger partial charge in [-0.05, 0) is 69.5 Å². The quantitative estimate of drug-likeness (QED) is 0.393. The first kappa shape index (κ1) is 20.8. The van der Waals surface area contributed by atoms with Crippen LogP contribution in [-0.2, 0) is 6.42 Å². The van der Waals surface area contributed by atoms with E-state index in [0.717, 1.165) is 25.0 Å². The van der Waals surface area contributed by atoms with Crippen LogP contribution in [0.1, 0.15) is 42.0 Å². The standard InChI is InChI=1S/C25H29BO3/c1-5-6-7-22-18-21(4)12-17-25(22)29-26(27-23-13-8-19(2)9-14-23)28-24-15-10-20(3)11-16-24/h8-18H,5-7H2,1-4H3. The van der Waals surface area contributed by atoms with E-state index in [1.807, 2.05) is 68.4 Å². The van der Waals surface area contributed by atoms with Gasteiger partial charge in [0.15, 0.2) is 0 Å². The van der Waals surface area contributed by atoms with E-state index in [1.165, 1.54) is 22.3 Å². The molecular weight excluding hydrogens is 359 g/mol. The Hall–Kier alpha value is -2.88. The summed E-state index contributed by atoms with van der Waals surface area (Å²) in [6.07, 6.45) is 3.22. The normalized spacial score (nSPS) is 10.5. The third-order valence-corrected chi connectivity index (χ3v) is 4.75. The number of benzene rings is 3. The van der Waals surface area contributed by atoms with Gasteiger partial charge in [-0.3, -0.25) is 0 Å². The van der Waals surface area contributed by atoms with Crippen LogP contribution in [0.4, 0.5) is 0 Å². The Balaban J connectivity index is 1.84. The van der Waals surface area contributed by atoms with Crippen molar-refractivity contribution in [3.63, 3.8) is 0 Å². The van der Waals surface area contributed by atoms with E-state index < -0.39 is 7.32 Å². The van der Waals surface area contributed by atoms with Crippen molar-refractivity contribution < 1.29 is 14.0 Å². The fourth-order valence-electron chi connectivity index (χ4n) is 3.02. The van der Waals surface area contributed by atoms with Gasteiger partial charge >= 0.3 is 7.32 Å². The van der Waals surface area contributed by atoms with E-state index in [1.54, 1.807) is 0 Å². The Labute approximate surface area is 174 Å². The maximum absolute atomic E-state index is 6.22. The average Bonchev–Trinajstić information content (AvgIpc) is 2.71. The van der Waals surface area contributed by atoms with E-state index in [2.05, 4.69) is 26.0 Å². The first-order valence-corrected chi connectivity index (χ1v) is 10.3. The lowest BCUT2D eigenvalue weighted by Gasteiger charge is -2.19. The molecule has 0 atom stereocenters. The molecule has 0 saturated heterocycles. The Morgan fingerprint density at radius 1 is 0.655 bits per heavy atom. The molecule has 0 fully saturated rings. The Kier molecular flexibility index (Phi) is 7.23. The molecular formula is C25H29BO3. The SMILES string of the molecule is CCCCc1cc(C)ccc1OB(Oc1ccc(C)cc1)Oc1ccc(C)cc1. The second kappa shape index (κ2) is 10.1. The van der Waals surface area contributed by atoms with Crippen LogP contribution in [0.5, 0.6) is 17.2 Å². The predicted molar refractivity (Wildman–Crippen MR) is 120 cm³/mol. The van der Waals surface area contributed by atoms with Gasteiger partial charge in [-0.2, -0.15) is 0 Å². The van der Waals surface area contributed by atoms with Gasteiger partial charge in [0, 0.05) is 0 Å². The Morgan fingerprint density at radius 2 is 1.17 bits per heavy atom. The van der Waals surface area contributed by atoms with E-state index in [9.17, 15) is 0 Å².